The van der Waals surface area contributed by atoms with E-state index in [2.05, 4.69) is 0 Å². The predicted octanol–water partition coefficient (Wildman–Crippen LogP) is 0.453. The summed E-state index contributed by atoms with van der Waals surface area (Å²) in [6, 6.07) is 0. The van der Waals surface area contributed by atoms with E-state index in [1.165, 1.54) is 11.8 Å². The third kappa shape index (κ3) is 2.12. The molecule has 9 heteroatoms. The van der Waals surface area contributed by atoms with E-state index in [-0.39, 0.29) is 28.3 Å². The minimum absolute atomic E-state index is 0.0586. The van der Waals surface area contributed by atoms with Gasteiger partial charge in [0.05, 0.1) is 34.1 Å². The molecule has 3 aliphatic heterocycles. The minimum atomic E-state index is -3.08. The second-order valence-electron chi connectivity index (χ2n) is 6.46. The third-order valence-corrected chi connectivity index (χ3v) is 10.3. The van der Waals surface area contributed by atoms with Crippen molar-refractivity contribution in [3.63, 3.8) is 0 Å². The lowest BCUT2D eigenvalue weighted by atomic mass is 9.90. The molecule has 0 aromatic heterocycles. The number of fused-ring (bicyclic) bond motifs is 1. The third-order valence-electron chi connectivity index (χ3n) is 4.57. The molecule has 3 aliphatic rings. The van der Waals surface area contributed by atoms with E-state index < -0.39 is 30.8 Å². The molecule has 3 heterocycles. The Labute approximate surface area is 129 Å². The Morgan fingerprint density at radius 1 is 1.20 bits per heavy atom. The van der Waals surface area contributed by atoms with E-state index in [1.807, 2.05) is 18.7 Å². The summed E-state index contributed by atoms with van der Waals surface area (Å²) in [7, 11) is -6.14. The molecule has 114 valence electrons. The van der Waals surface area contributed by atoms with E-state index in [9.17, 15) is 16.8 Å². The molecule has 0 bridgehead atoms. The molecule has 0 amide bonds. The van der Waals surface area contributed by atoms with Crippen molar-refractivity contribution in [3.05, 3.63) is 0 Å². The van der Waals surface area contributed by atoms with Crippen molar-refractivity contribution >= 4 is 48.0 Å². The van der Waals surface area contributed by atoms with Gasteiger partial charge >= 0.3 is 0 Å². The normalized spacial score (nSPS) is 45.8. The first-order valence-electron chi connectivity index (χ1n) is 6.39. The monoisotopic (exact) mass is 355 g/mol. The molecule has 20 heavy (non-hydrogen) atoms. The molecule has 3 rings (SSSR count). The van der Waals surface area contributed by atoms with Gasteiger partial charge in [-0.15, -0.1) is 0 Å². The van der Waals surface area contributed by atoms with E-state index in [0.717, 1.165) is 0 Å². The van der Waals surface area contributed by atoms with Crippen molar-refractivity contribution in [3.8, 4) is 0 Å². The Bertz CT molecular complexity index is 685. The van der Waals surface area contributed by atoms with Gasteiger partial charge in [0.1, 0.15) is 4.32 Å². The standard InChI is InChI=1S/C11H17NO4S4/c1-10(3-4-19(13,14)6-10)12-9(17)18-8-5-20(15,16)7-11(8,12)2/h8H,3-7H2,1-2H3/t8-,10+,11-/m1/s1. The molecule has 0 saturated carbocycles. The summed E-state index contributed by atoms with van der Waals surface area (Å²) in [5.74, 6) is 0.408. The van der Waals surface area contributed by atoms with Gasteiger partial charge < -0.3 is 4.90 Å². The summed E-state index contributed by atoms with van der Waals surface area (Å²) >= 11 is 6.84. The fourth-order valence-electron chi connectivity index (χ4n) is 3.77. The van der Waals surface area contributed by atoms with Crippen molar-refractivity contribution in [1.82, 2.24) is 4.90 Å². The van der Waals surface area contributed by atoms with E-state index in [1.54, 1.807) is 0 Å². The fraction of sp³-hybridized carbons (Fsp3) is 0.909. The van der Waals surface area contributed by atoms with Crippen LogP contribution in [0.15, 0.2) is 0 Å². The Morgan fingerprint density at radius 3 is 2.40 bits per heavy atom. The van der Waals surface area contributed by atoms with Crippen molar-refractivity contribution in [1.29, 1.82) is 0 Å². The maximum atomic E-state index is 11.9. The Balaban J connectivity index is 2.03. The lowest BCUT2D eigenvalue weighted by Crippen LogP contribution is -2.60. The first-order chi connectivity index (χ1) is 8.98. The van der Waals surface area contributed by atoms with Crippen LogP contribution in [0.1, 0.15) is 20.3 Å². The van der Waals surface area contributed by atoms with Gasteiger partial charge in [0.2, 0.25) is 0 Å². The molecule has 5 nitrogen and oxygen atoms in total. The van der Waals surface area contributed by atoms with Gasteiger partial charge in [0, 0.05) is 5.25 Å². The SMILES string of the molecule is C[C@]1(N2C(=S)S[C@@H]3CS(=O)(=O)C[C@]32C)CCS(=O)(=O)C1. The second kappa shape index (κ2) is 4.11. The number of rotatable bonds is 1. The summed E-state index contributed by atoms with van der Waals surface area (Å²) < 4.78 is 48.2. The van der Waals surface area contributed by atoms with Crippen LogP contribution in [0, 0.1) is 0 Å². The van der Waals surface area contributed by atoms with Crippen LogP contribution < -0.4 is 0 Å². The molecule has 0 radical (unpaired) electrons. The maximum absolute atomic E-state index is 11.9. The molecule has 0 N–H and O–H groups in total. The number of hydrogen-bond acceptors (Lipinski definition) is 6. The lowest BCUT2D eigenvalue weighted by molar-refractivity contribution is 0.123. The van der Waals surface area contributed by atoms with Crippen molar-refractivity contribution in [2.24, 2.45) is 0 Å². The smallest absolute Gasteiger partial charge is 0.153 e. The van der Waals surface area contributed by atoms with Crippen LogP contribution in [0.25, 0.3) is 0 Å². The number of nitrogens with zero attached hydrogens (tertiary/aromatic N) is 1. The molecule has 0 aromatic rings. The minimum Gasteiger partial charge on any atom is -0.343 e. The van der Waals surface area contributed by atoms with E-state index in [0.29, 0.717) is 10.7 Å². The predicted molar refractivity (Wildman–Crippen MR) is 84.6 cm³/mol. The van der Waals surface area contributed by atoms with Crippen LogP contribution in [-0.4, -0.2) is 65.4 Å². The summed E-state index contributed by atoms with van der Waals surface area (Å²) in [4.78, 5) is 1.93. The van der Waals surface area contributed by atoms with Crippen LogP contribution in [0.3, 0.4) is 0 Å². The highest BCUT2D eigenvalue weighted by atomic mass is 32.2. The van der Waals surface area contributed by atoms with Gasteiger partial charge in [-0.1, -0.05) is 24.0 Å². The average Bonchev–Trinajstić information content (AvgIpc) is 2.69. The Kier molecular flexibility index (Phi) is 3.09. The van der Waals surface area contributed by atoms with Crippen molar-refractivity contribution in [2.75, 3.05) is 23.0 Å². The van der Waals surface area contributed by atoms with Gasteiger partial charge in [-0.2, -0.15) is 0 Å². The number of thioether (sulfide) groups is 1. The van der Waals surface area contributed by atoms with Crippen LogP contribution in [-0.2, 0) is 19.7 Å². The second-order valence-corrected chi connectivity index (χ2v) is 12.6. The Hall–Kier alpha value is 0.140. The average molecular weight is 356 g/mol. The molecule has 3 fully saturated rings. The van der Waals surface area contributed by atoms with Crippen LogP contribution >= 0.6 is 24.0 Å². The molecule has 0 unspecified atom stereocenters. The summed E-state index contributed by atoms with van der Waals surface area (Å²) in [6.45, 7) is 3.80. The number of hydrogen-bond donors (Lipinski definition) is 0. The zero-order chi connectivity index (χ0) is 15.0. The van der Waals surface area contributed by atoms with Crippen molar-refractivity contribution < 1.29 is 16.8 Å². The zero-order valence-electron chi connectivity index (χ0n) is 11.3. The van der Waals surface area contributed by atoms with Gasteiger partial charge in [-0.05, 0) is 20.3 Å². The number of thiocarbonyl (C=S) groups is 1. The summed E-state index contributed by atoms with van der Waals surface area (Å²) in [6.07, 6.45) is 0.512. The maximum Gasteiger partial charge on any atom is 0.153 e. The van der Waals surface area contributed by atoms with E-state index >= 15 is 0 Å². The van der Waals surface area contributed by atoms with Crippen molar-refractivity contribution in [2.45, 2.75) is 36.6 Å². The van der Waals surface area contributed by atoms with Gasteiger partial charge in [-0.3, -0.25) is 0 Å². The van der Waals surface area contributed by atoms with E-state index in [4.69, 9.17) is 12.2 Å². The van der Waals surface area contributed by atoms with Crippen LogP contribution in [0.2, 0.25) is 0 Å². The molecule has 0 aromatic carbocycles. The first-order valence-corrected chi connectivity index (χ1v) is 11.3. The quantitative estimate of drug-likeness (QED) is 0.633. The van der Waals surface area contributed by atoms with Crippen LogP contribution in [0.5, 0.6) is 0 Å². The molecule has 3 saturated heterocycles. The van der Waals surface area contributed by atoms with Gasteiger partial charge in [0.15, 0.2) is 19.7 Å². The number of sulfone groups is 2. The Morgan fingerprint density at radius 2 is 1.85 bits per heavy atom. The molecule has 0 aliphatic carbocycles. The highest BCUT2D eigenvalue weighted by Crippen LogP contribution is 2.51. The largest absolute Gasteiger partial charge is 0.343 e. The lowest BCUT2D eigenvalue weighted by Gasteiger charge is -2.45. The van der Waals surface area contributed by atoms with Gasteiger partial charge in [0.25, 0.3) is 0 Å². The highest BCUT2D eigenvalue weighted by molar-refractivity contribution is 8.24. The van der Waals surface area contributed by atoms with Crippen LogP contribution in [0.4, 0.5) is 0 Å². The molecular weight excluding hydrogens is 338 g/mol. The topological polar surface area (TPSA) is 71.5 Å². The molecule has 3 atom stereocenters. The highest BCUT2D eigenvalue weighted by Gasteiger charge is 2.62. The molecular formula is C11H17NO4S4. The van der Waals surface area contributed by atoms with Gasteiger partial charge in [-0.25, -0.2) is 16.8 Å². The molecule has 0 spiro atoms. The summed E-state index contributed by atoms with van der Waals surface area (Å²) in [5.41, 5.74) is -1.15. The fourth-order valence-corrected chi connectivity index (χ4v) is 11.0. The first kappa shape index (κ1) is 15.1. The zero-order valence-corrected chi connectivity index (χ0v) is 14.6. The summed E-state index contributed by atoms with van der Waals surface area (Å²) in [5, 5.41) is -0.0832.